The van der Waals surface area contributed by atoms with E-state index in [1.165, 1.54) is 22.7 Å². The minimum absolute atomic E-state index is 0.145. The molecule has 0 aliphatic rings. The molecule has 7 heteroatoms. The molecule has 0 fully saturated rings. The number of halogens is 1. The summed E-state index contributed by atoms with van der Waals surface area (Å²) in [4.78, 5) is 12.6. The zero-order valence-electron chi connectivity index (χ0n) is 17.9. The van der Waals surface area contributed by atoms with Crippen molar-refractivity contribution in [3.05, 3.63) is 76.1 Å². The predicted octanol–water partition coefficient (Wildman–Crippen LogP) is 6.04. The number of hydrogen-bond acceptors (Lipinski definition) is 4. The lowest BCUT2D eigenvalue weighted by atomic mass is 9.99. The topological polar surface area (TPSA) is 59.8 Å². The molecule has 0 saturated heterocycles. The molecule has 0 radical (unpaired) electrons. The van der Waals surface area contributed by atoms with Gasteiger partial charge in [-0.05, 0) is 61.9 Å². The quantitative estimate of drug-likeness (QED) is 0.376. The first-order valence-corrected chi connectivity index (χ1v) is 11.3. The van der Waals surface area contributed by atoms with Gasteiger partial charge in [-0.15, -0.1) is 10.2 Å². The van der Waals surface area contributed by atoms with Crippen LogP contribution in [0.2, 0.25) is 5.02 Å². The van der Waals surface area contributed by atoms with Crippen molar-refractivity contribution in [2.24, 2.45) is 0 Å². The van der Waals surface area contributed by atoms with Gasteiger partial charge < -0.3 is 5.32 Å². The van der Waals surface area contributed by atoms with Gasteiger partial charge in [-0.1, -0.05) is 59.8 Å². The second kappa shape index (κ2) is 8.73. The number of aromatic nitrogens is 3. The summed E-state index contributed by atoms with van der Waals surface area (Å²) in [6.45, 7) is 8.10. The molecule has 31 heavy (non-hydrogen) atoms. The Bertz CT molecular complexity index is 1300. The first-order chi connectivity index (χ1) is 14.8. The third-order valence-corrected chi connectivity index (χ3v) is 6.41. The molecule has 1 N–H and O–H groups in total. The maximum absolute atomic E-state index is 12.6. The third kappa shape index (κ3) is 4.31. The van der Waals surface area contributed by atoms with E-state index in [-0.39, 0.29) is 11.7 Å². The molecular weight excluding hydrogens is 428 g/mol. The summed E-state index contributed by atoms with van der Waals surface area (Å²) in [6.07, 6.45) is 0. The number of nitrogens with zero attached hydrogens (tertiary/aromatic N) is 3. The molecule has 0 bridgehead atoms. The molecule has 4 aromatic rings. The van der Waals surface area contributed by atoms with E-state index in [0.29, 0.717) is 15.9 Å². The number of nitrogens with one attached hydrogen (secondary N) is 1. The van der Waals surface area contributed by atoms with Crippen molar-refractivity contribution in [2.75, 3.05) is 11.1 Å². The minimum Gasteiger partial charge on any atom is -0.324 e. The highest BCUT2D eigenvalue weighted by Crippen LogP contribution is 2.32. The lowest BCUT2D eigenvalue weighted by Gasteiger charge is -2.16. The van der Waals surface area contributed by atoms with Crippen LogP contribution >= 0.6 is 23.4 Å². The van der Waals surface area contributed by atoms with Crippen molar-refractivity contribution in [1.82, 2.24) is 14.8 Å². The van der Waals surface area contributed by atoms with Crippen LogP contribution in [-0.4, -0.2) is 26.4 Å². The summed E-state index contributed by atoms with van der Waals surface area (Å²) < 4.78 is 2.04. The Balaban J connectivity index is 1.62. The number of fused-ring (bicyclic) bond motifs is 1. The first-order valence-electron chi connectivity index (χ1n) is 9.95. The number of carbonyl (C=O) groups excluding carboxylic acids is 1. The van der Waals surface area contributed by atoms with Gasteiger partial charge in [0.15, 0.2) is 5.16 Å². The number of benzene rings is 3. The summed E-state index contributed by atoms with van der Waals surface area (Å²) in [6, 6.07) is 16.1. The fourth-order valence-corrected chi connectivity index (χ4v) is 4.81. The molecule has 1 amide bonds. The highest BCUT2D eigenvalue weighted by molar-refractivity contribution is 7.99. The van der Waals surface area contributed by atoms with E-state index in [1.807, 2.05) is 48.7 Å². The van der Waals surface area contributed by atoms with Gasteiger partial charge >= 0.3 is 0 Å². The van der Waals surface area contributed by atoms with Gasteiger partial charge in [-0.2, -0.15) is 0 Å². The molecule has 4 rings (SSSR count). The van der Waals surface area contributed by atoms with Crippen molar-refractivity contribution in [3.8, 4) is 5.69 Å². The van der Waals surface area contributed by atoms with Gasteiger partial charge in [-0.3, -0.25) is 9.36 Å². The SMILES string of the molecule is Cc1ccc(NC(=O)CSc2nnc(C)n2-c2c(C)cc(C)c3ccccc23)c(Cl)c1. The molecule has 0 saturated carbocycles. The van der Waals surface area contributed by atoms with Crippen LogP contribution in [-0.2, 0) is 4.79 Å². The van der Waals surface area contributed by atoms with E-state index in [1.54, 1.807) is 0 Å². The van der Waals surface area contributed by atoms with Crippen LogP contribution in [0.3, 0.4) is 0 Å². The third-order valence-electron chi connectivity index (χ3n) is 5.16. The van der Waals surface area contributed by atoms with Crippen molar-refractivity contribution >= 4 is 45.7 Å². The predicted molar refractivity (Wildman–Crippen MR) is 129 cm³/mol. The lowest BCUT2D eigenvalue weighted by molar-refractivity contribution is -0.113. The molecular formula is C24H23ClN4OS. The number of thioether (sulfide) groups is 1. The smallest absolute Gasteiger partial charge is 0.234 e. The van der Waals surface area contributed by atoms with E-state index in [4.69, 9.17) is 11.6 Å². The Labute approximate surface area is 190 Å². The van der Waals surface area contributed by atoms with Crippen LogP contribution in [0.5, 0.6) is 0 Å². The van der Waals surface area contributed by atoms with Crippen LogP contribution in [0.25, 0.3) is 16.5 Å². The zero-order chi connectivity index (χ0) is 22.1. The lowest BCUT2D eigenvalue weighted by Crippen LogP contribution is -2.15. The zero-order valence-corrected chi connectivity index (χ0v) is 19.4. The average Bonchev–Trinajstić information content (AvgIpc) is 3.09. The molecule has 0 spiro atoms. The van der Waals surface area contributed by atoms with E-state index in [9.17, 15) is 4.79 Å². The molecule has 158 valence electrons. The van der Waals surface area contributed by atoms with Crippen molar-refractivity contribution < 1.29 is 4.79 Å². The fraction of sp³-hybridized carbons (Fsp3) is 0.208. The molecule has 1 aromatic heterocycles. The van der Waals surface area contributed by atoms with E-state index < -0.39 is 0 Å². The highest BCUT2D eigenvalue weighted by Gasteiger charge is 2.18. The molecule has 0 aliphatic heterocycles. The second-order valence-corrected chi connectivity index (χ2v) is 8.94. The number of anilines is 1. The largest absolute Gasteiger partial charge is 0.324 e. The van der Waals surface area contributed by atoms with Gasteiger partial charge in [0.2, 0.25) is 5.91 Å². The van der Waals surface area contributed by atoms with Crippen LogP contribution < -0.4 is 5.32 Å². The van der Waals surface area contributed by atoms with Crippen LogP contribution in [0, 0.1) is 27.7 Å². The molecule has 3 aromatic carbocycles. The van der Waals surface area contributed by atoms with Crippen LogP contribution in [0.4, 0.5) is 5.69 Å². The van der Waals surface area contributed by atoms with Crippen molar-refractivity contribution in [1.29, 1.82) is 0 Å². The van der Waals surface area contributed by atoms with Gasteiger partial charge in [0.1, 0.15) is 5.82 Å². The van der Waals surface area contributed by atoms with Crippen molar-refractivity contribution in [2.45, 2.75) is 32.9 Å². The Morgan fingerprint density at radius 3 is 2.48 bits per heavy atom. The van der Waals surface area contributed by atoms with Gasteiger partial charge in [0.05, 0.1) is 22.2 Å². The standard InChI is InChI=1S/C24H23ClN4OS/c1-14-9-10-21(20(25)11-14)26-22(30)13-31-24-28-27-17(4)29(24)23-16(3)12-15(2)18-7-5-6-8-19(18)23/h5-12H,13H2,1-4H3,(H,26,30). The molecule has 0 aliphatic carbocycles. The maximum atomic E-state index is 12.6. The molecule has 5 nitrogen and oxygen atoms in total. The molecule has 1 heterocycles. The molecule has 0 unspecified atom stereocenters. The van der Waals surface area contributed by atoms with Crippen molar-refractivity contribution in [3.63, 3.8) is 0 Å². The fourth-order valence-electron chi connectivity index (χ4n) is 3.75. The Hall–Kier alpha value is -2.83. The minimum atomic E-state index is -0.145. The number of rotatable bonds is 5. The van der Waals surface area contributed by atoms with Gasteiger partial charge in [0.25, 0.3) is 0 Å². The Kier molecular flexibility index (Phi) is 6.03. The molecule has 0 atom stereocenters. The normalized spacial score (nSPS) is 11.1. The first kappa shape index (κ1) is 21.4. The maximum Gasteiger partial charge on any atom is 0.234 e. The van der Waals surface area contributed by atoms with Gasteiger partial charge in [0, 0.05) is 5.39 Å². The Morgan fingerprint density at radius 1 is 1.00 bits per heavy atom. The van der Waals surface area contributed by atoms with Gasteiger partial charge in [-0.25, -0.2) is 0 Å². The van der Waals surface area contributed by atoms with E-state index in [2.05, 4.69) is 47.6 Å². The monoisotopic (exact) mass is 450 g/mol. The van der Waals surface area contributed by atoms with E-state index >= 15 is 0 Å². The summed E-state index contributed by atoms with van der Waals surface area (Å²) in [5.74, 6) is 0.834. The number of hydrogen-bond donors (Lipinski definition) is 1. The Morgan fingerprint density at radius 2 is 1.74 bits per heavy atom. The summed E-state index contributed by atoms with van der Waals surface area (Å²) >= 11 is 7.59. The number of amides is 1. The summed E-state index contributed by atoms with van der Waals surface area (Å²) in [7, 11) is 0. The second-order valence-electron chi connectivity index (χ2n) is 7.59. The summed E-state index contributed by atoms with van der Waals surface area (Å²) in [5.41, 5.74) is 5.06. The van der Waals surface area contributed by atoms with E-state index in [0.717, 1.165) is 28.0 Å². The number of aryl methyl sites for hydroxylation is 4. The van der Waals surface area contributed by atoms with Crippen LogP contribution in [0.1, 0.15) is 22.5 Å². The average molecular weight is 451 g/mol. The highest BCUT2D eigenvalue weighted by atomic mass is 35.5. The van der Waals surface area contributed by atoms with Crippen LogP contribution in [0.15, 0.2) is 53.7 Å². The number of carbonyl (C=O) groups is 1. The summed E-state index contributed by atoms with van der Waals surface area (Å²) in [5, 5.41) is 15.0.